The van der Waals surface area contributed by atoms with Crippen LogP contribution in [0.3, 0.4) is 0 Å². The van der Waals surface area contributed by atoms with Gasteiger partial charge in [-0.1, -0.05) is 11.6 Å². The molecular formula is C7H6ClNO4S. The summed E-state index contributed by atoms with van der Waals surface area (Å²) < 4.78 is 22.2. The molecule has 1 rings (SSSR count). The van der Waals surface area contributed by atoms with Gasteiger partial charge in [-0.15, -0.1) is 0 Å². The maximum Gasteiger partial charge on any atom is 0.272 e. The molecule has 14 heavy (non-hydrogen) atoms. The molecule has 0 aliphatic heterocycles. The summed E-state index contributed by atoms with van der Waals surface area (Å²) in [4.78, 5) is 9.53. The highest BCUT2D eigenvalue weighted by atomic mass is 35.5. The second-order valence-electron chi connectivity index (χ2n) is 2.67. The number of nitro benzene ring substituents is 1. The molecule has 7 heteroatoms. The number of benzene rings is 1. The highest BCUT2D eigenvalue weighted by Crippen LogP contribution is 2.23. The minimum atomic E-state index is -3.47. The second-order valence-corrected chi connectivity index (χ2v) is 5.13. The number of hydrogen-bond donors (Lipinski definition) is 0. The molecule has 0 spiro atoms. The summed E-state index contributed by atoms with van der Waals surface area (Å²) in [6.45, 7) is 0. The number of non-ortho nitro benzene ring substituents is 1. The average Bonchev–Trinajstić information content (AvgIpc) is 2.01. The number of sulfone groups is 1. The van der Waals surface area contributed by atoms with Crippen LogP contribution in [0, 0.1) is 10.1 Å². The Balaban J connectivity index is 3.43. The third-order valence-electron chi connectivity index (χ3n) is 1.50. The molecule has 0 amide bonds. The van der Waals surface area contributed by atoms with Crippen molar-refractivity contribution in [1.82, 2.24) is 0 Å². The maximum atomic E-state index is 11.1. The molecule has 0 aliphatic carbocycles. The fourth-order valence-electron chi connectivity index (χ4n) is 0.867. The average molecular weight is 236 g/mol. The molecule has 1 aromatic rings. The lowest BCUT2D eigenvalue weighted by Crippen LogP contribution is -1.98. The fourth-order valence-corrected chi connectivity index (χ4v) is 1.84. The Labute approximate surface area is 85.4 Å². The molecule has 0 bridgehead atoms. The molecule has 0 unspecified atom stereocenters. The molecule has 0 saturated carbocycles. The van der Waals surface area contributed by atoms with Crippen molar-refractivity contribution in [2.24, 2.45) is 0 Å². The van der Waals surface area contributed by atoms with Crippen molar-refractivity contribution >= 4 is 27.1 Å². The summed E-state index contributed by atoms with van der Waals surface area (Å²) in [6, 6.07) is 3.24. The van der Waals surface area contributed by atoms with Crippen LogP contribution >= 0.6 is 11.6 Å². The largest absolute Gasteiger partial charge is 0.272 e. The van der Waals surface area contributed by atoms with Gasteiger partial charge in [0.2, 0.25) is 0 Å². The van der Waals surface area contributed by atoms with E-state index in [1.807, 2.05) is 0 Å². The van der Waals surface area contributed by atoms with Crippen molar-refractivity contribution in [1.29, 1.82) is 0 Å². The summed E-state index contributed by atoms with van der Waals surface area (Å²) >= 11 is 5.53. The second kappa shape index (κ2) is 3.55. The maximum absolute atomic E-state index is 11.1. The van der Waals surface area contributed by atoms with Gasteiger partial charge in [-0.2, -0.15) is 0 Å². The smallest absolute Gasteiger partial charge is 0.258 e. The molecule has 0 saturated heterocycles. The molecule has 0 fully saturated rings. The van der Waals surface area contributed by atoms with Crippen LogP contribution in [0.5, 0.6) is 0 Å². The SMILES string of the molecule is CS(=O)(=O)c1cc(Cl)cc([N+](=O)[O-])c1. The minimum absolute atomic E-state index is 0.0274. The zero-order valence-electron chi connectivity index (χ0n) is 7.10. The Bertz CT molecular complexity index is 482. The Morgan fingerprint density at radius 2 is 1.93 bits per heavy atom. The van der Waals surface area contributed by atoms with Crippen LogP contribution in [0.1, 0.15) is 0 Å². The molecule has 0 aromatic heterocycles. The first kappa shape index (κ1) is 10.9. The molecule has 0 N–H and O–H groups in total. The first-order valence-corrected chi connectivity index (χ1v) is 5.72. The topological polar surface area (TPSA) is 77.3 Å². The zero-order valence-corrected chi connectivity index (χ0v) is 8.67. The number of rotatable bonds is 2. The summed E-state index contributed by atoms with van der Waals surface area (Å²) in [5.41, 5.74) is -0.335. The van der Waals surface area contributed by atoms with E-state index in [-0.39, 0.29) is 15.6 Å². The predicted molar refractivity (Wildman–Crippen MR) is 51.2 cm³/mol. The van der Waals surface area contributed by atoms with E-state index in [9.17, 15) is 18.5 Å². The van der Waals surface area contributed by atoms with Crippen molar-refractivity contribution < 1.29 is 13.3 Å². The molecule has 5 nitrogen and oxygen atoms in total. The summed E-state index contributed by atoms with van der Waals surface area (Å²) in [5, 5.41) is 10.4. The van der Waals surface area contributed by atoms with Crippen LogP contribution in [-0.2, 0) is 9.84 Å². The van der Waals surface area contributed by atoms with Gasteiger partial charge >= 0.3 is 0 Å². The van der Waals surface area contributed by atoms with Gasteiger partial charge in [-0.05, 0) is 6.07 Å². The van der Waals surface area contributed by atoms with Crippen molar-refractivity contribution in [3.63, 3.8) is 0 Å². The van der Waals surface area contributed by atoms with Crippen LogP contribution in [0.4, 0.5) is 5.69 Å². The molecule has 0 radical (unpaired) electrons. The minimum Gasteiger partial charge on any atom is -0.258 e. The molecule has 76 valence electrons. The lowest BCUT2D eigenvalue weighted by molar-refractivity contribution is -0.385. The summed E-state index contributed by atoms with van der Waals surface area (Å²) in [5.74, 6) is 0. The Morgan fingerprint density at radius 3 is 2.36 bits per heavy atom. The Kier molecular flexibility index (Phi) is 2.77. The van der Waals surface area contributed by atoms with E-state index in [4.69, 9.17) is 11.6 Å². The lowest BCUT2D eigenvalue weighted by Gasteiger charge is -1.98. The van der Waals surface area contributed by atoms with Crippen LogP contribution in [0.25, 0.3) is 0 Å². The number of halogens is 1. The highest BCUT2D eigenvalue weighted by Gasteiger charge is 2.14. The summed E-state index contributed by atoms with van der Waals surface area (Å²) in [7, 11) is -3.47. The van der Waals surface area contributed by atoms with E-state index < -0.39 is 14.8 Å². The van der Waals surface area contributed by atoms with E-state index in [0.29, 0.717) is 0 Å². The third-order valence-corrected chi connectivity index (χ3v) is 2.81. The molecule has 1 aromatic carbocycles. The standard InChI is InChI=1S/C7H6ClNO4S/c1-14(12,13)7-3-5(8)2-6(4-7)9(10)11/h2-4H,1H3. The van der Waals surface area contributed by atoms with Gasteiger partial charge in [-0.3, -0.25) is 10.1 Å². The number of nitrogens with zero attached hydrogens (tertiary/aromatic N) is 1. The quantitative estimate of drug-likeness (QED) is 0.577. The summed E-state index contributed by atoms with van der Waals surface area (Å²) in [6.07, 6.45) is 0.961. The van der Waals surface area contributed by atoms with Gasteiger partial charge < -0.3 is 0 Å². The monoisotopic (exact) mass is 235 g/mol. The lowest BCUT2D eigenvalue weighted by atomic mass is 10.3. The predicted octanol–water partition coefficient (Wildman–Crippen LogP) is 1.65. The number of hydrogen-bond acceptors (Lipinski definition) is 4. The van der Waals surface area contributed by atoms with Crippen LogP contribution in [0.15, 0.2) is 23.1 Å². The van der Waals surface area contributed by atoms with Crippen molar-refractivity contribution in [2.45, 2.75) is 4.90 Å². The normalized spacial score (nSPS) is 11.3. The van der Waals surface area contributed by atoms with E-state index in [1.54, 1.807) is 0 Å². The van der Waals surface area contributed by atoms with Gasteiger partial charge in [0.25, 0.3) is 5.69 Å². The molecule has 0 heterocycles. The van der Waals surface area contributed by atoms with E-state index in [0.717, 1.165) is 18.4 Å². The van der Waals surface area contributed by atoms with Gasteiger partial charge in [0, 0.05) is 23.4 Å². The molecule has 0 atom stereocenters. The van der Waals surface area contributed by atoms with Crippen molar-refractivity contribution in [3.8, 4) is 0 Å². The highest BCUT2D eigenvalue weighted by molar-refractivity contribution is 7.90. The number of nitro groups is 1. The van der Waals surface area contributed by atoms with E-state index in [2.05, 4.69) is 0 Å². The van der Waals surface area contributed by atoms with E-state index in [1.165, 1.54) is 6.07 Å². The van der Waals surface area contributed by atoms with Crippen LogP contribution in [0.2, 0.25) is 5.02 Å². The fraction of sp³-hybridized carbons (Fsp3) is 0.143. The van der Waals surface area contributed by atoms with Gasteiger partial charge in [0.1, 0.15) is 0 Å². The van der Waals surface area contributed by atoms with Crippen molar-refractivity contribution in [2.75, 3.05) is 6.26 Å². The van der Waals surface area contributed by atoms with Crippen LogP contribution < -0.4 is 0 Å². The first-order valence-electron chi connectivity index (χ1n) is 3.46. The third kappa shape index (κ3) is 2.43. The Morgan fingerprint density at radius 1 is 1.36 bits per heavy atom. The van der Waals surface area contributed by atoms with Crippen LogP contribution in [-0.4, -0.2) is 19.6 Å². The van der Waals surface area contributed by atoms with E-state index >= 15 is 0 Å². The zero-order chi connectivity index (χ0) is 10.9. The first-order chi connectivity index (χ1) is 6.30. The van der Waals surface area contributed by atoms with Gasteiger partial charge in [0.15, 0.2) is 9.84 Å². The Hall–Kier alpha value is -1.14. The van der Waals surface area contributed by atoms with Crippen molar-refractivity contribution in [3.05, 3.63) is 33.3 Å². The molecular weight excluding hydrogens is 230 g/mol. The van der Waals surface area contributed by atoms with Gasteiger partial charge in [-0.25, -0.2) is 8.42 Å². The van der Waals surface area contributed by atoms with Gasteiger partial charge in [0.05, 0.1) is 9.82 Å². The molecule has 0 aliphatic rings.